The molecule has 0 saturated carbocycles. The minimum Gasteiger partial charge on any atom is -0.299 e. The van der Waals surface area contributed by atoms with Crippen LogP contribution >= 0.6 is 11.6 Å². The molecule has 0 aliphatic carbocycles. The highest BCUT2D eigenvalue weighted by atomic mass is 35.5. The number of hydrogen-bond donors (Lipinski definition) is 0. The van der Waals surface area contributed by atoms with E-state index in [0.29, 0.717) is 29.8 Å². The first kappa shape index (κ1) is 24.2. The molecule has 0 saturated heterocycles. The lowest BCUT2D eigenvalue weighted by Crippen LogP contribution is -2.13. The number of Topliss-reactive ketones (excluding diaryl/α,β-unsaturated/α-hetero) is 1. The SMILES string of the molecule is CCCc1ccc(C(C)C(=O)CCc2cc(C(C)(C)C)nn2-c2cccc(Cl)c2)cc1F. The monoisotopic (exact) mass is 454 g/mol. The fraction of sp³-hybridized carbons (Fsp3) is 0.407. The quantitative estimate of drug-likeness (QED) is 0.360. The van der Waals surface area contributed by atoms with E-state index in [2.05, 4.69) is 26.8 Å². The van der Waals surface area contributed by atoms with E-state index in [1.54, 1.807) is 0 Å². The molecule has 0 radical (unpaired) electrons. The van der Waals surface area contributed by atoms with Gasteiger partial charge < -0.3 is 0 Å². The Bertz CT molecular complexity index is 1100. The first-order valence-electron chi connectivity index (χ1n) is 11.3. The fourth-order valence-corrected chi connectivity index (χ4v) is 3.94. The second-order valence-corrected chi connectivity index (χ2v) is 9.89. The van der Waals surface area contributed by atoms with Crippen LogP contribution in [0.25, 0.3) is 5.69 Å². The number of nitrogens with zero attached hydrogens (tertiary/aromatic N) is 2. The molecule has 3 nitrogen and oxygen atoms in total. The van der Waals surface area contributed by atoms with Crippen molar-refractivity contribution in [3.8, 4) is 5.69 Å². The molecule has 0 spiro atoms. The zero-order chi connectivity index (χ0) is 23.5. The summed E-state index contributed by atoms with van der Waals surface area (Å²) in [6.45, 7) is 10.2. The van der Waals surface area contributed by atoms with Crippen LogP contribution in [-0.4, -0.2) is 15.6 Å². The fourth-order valence-electron chi connectivity index (χ4n) is 3.75. The van der Waals surface area contributed by atoms with Crippen molar-refractivity contribution in [2.24, 2.45) is 0 Å². The molecule has 2 aromatic carbocycles. The maximum Gasteiger partial charge on any atom is 0.140 e. The number of halogens is 2. The molecule has 0 bridgehead atoms. The zero-order valence-electron chi connectivity index (χ0n) is 19.6. The third kappa shape index (κ3) is 5.66. The lowest BCUT2D eigenvalue weighted by Gasteiger charge is -2.14. The number of hydrogen-bond acceptors (Lipinski definition) is 2. The van der Waals surface area contributed by atoms with E-state index in [0.717, 1.165) is 29.1 Å². The summed E-state index contributed by atoms with van der Waals surface area (Å²) in [4.78, 5) is 13.0. The molecule has 1 heterocycles. The van der Waals surface area contributed by atoms with Gasteiger partial charge in [0, 0.05) is 28.5 Å². The van der Waals surface area contributed by atoms with E-state index in [9.17, 15) is 9.18 Å². The maximum absolute atomic E-state index is 14.4. The summed E-state index contributed by atoms with van der Waals surface area (Å²) in [6.07, 6.45) is 2.50. The zero-order valence-corrected chi connectivity index (χ0v) is 20.3. The highest BCUT2D eigenvalue weighted by Gasteiger charge is 2.22. The van der Waals surface area contributed by atoms with Gasteiger partial charge in [-0.2, -0.15) is 5.10 Å². The number of aromatic nitrogens is 2. The van der Waals surface area contributed by atoms with Gasteiger partial charge in [-0.05, 0) is 54.3 Å². The average Bonchev–Trinajstić information content (AvgIpc) is 3.18. The standard InChI is InChI=1S/C27H32ClFN2O/c1-6-8-19-11-12-20(15-24(19)29)18(2)25(32)14-13-23-17-26(27(3,4)5)30-31(23)22-10-7-9-21(28)16-22/h7,9-12,15-18H,6,8,13-14H2,1-5H3. The maximum atomic E-state index is 14.4. The molecule has 32 heavy (non-hydrogen) atoms. The van der Waals surface area contributed by atoms with Crippen LogP contribution in [0.2, 0.25) is 5.02 Å². The minimum absolute atomic E-state index is 0.0868. The van der Waals surface area contributed by atoms with Crippen molar-refractivity contribution in [1.29, 1.82) is 0 Å². The van der Waals surface area contributed by atoms with Crippen LogP contribution in [0.1, 0.15) is 75.9 Å². The Morgan fingerprint density at radius 3 is 2.50 bits per heavy atom. The molecule has 0 aliphatic heterocycles. The number of rotatable bonds is 8. The van der Waals surface area contributed by atoms with Gasteiger partial charge >= 0.3 is 0 Å². The number of aryl methyl sites for hydroxylation is 2. The summed E-state index contributed by atoms with van der Waals surface area (Å²) in [6, 6.07) is 14.8. The smallest absolute Gasteiger partial charge is 0.140 e. The molecule has 1 unspecified atom stereocenters. The largest absolute Gasteiger partial charge is 0.299 e. The summed E-state index contributed by atoms with van der Waals surface area (Å²) >= 11 is 6.20. The van der Waals surface area contributed by atoms with Crippen LogP contribution in [0.4, 0.5) is 4.39 Å². The number of benzene rings is 2. The van der Waals surface area contributed by atoms with Gasteiger partial charge in [0.05, 0.1) is 11.4 Å². The van der Waals surface area contributed by atoms with E-state index < -0.39 is 0 Å². The Hall–Kier alpha value is -2.46. The van der Waals surface area contributed by atoms with Crippen molar-refractivity contribution in [2.45, 2.75) is 71.6 Å². The van der Waals surface area contributed by atoms with Crippen LogP contribution in [0, 0.1) is 5.82 Å². The van der Waals surface area contributed by atoms with Crippen molar-refractivity contribution in [3.05, 3.63) is 81.9 Å². The third-order valence-electron chi connectivity index (χ3n) is 5.81. The van der Waals surface area contributed by atoms with Crippen LogP contribution in [0.15, 0.2) is 48.5 Å². The molecule has 1 atom stereocenters. The summed E-state index contributed by atoms with van der Waals surface area (Å²) in [5, 5.41) is 5.45. The van der Waals surface area contributed by atoms with E-state index in [-0.39, 0.29) is 22.9 Å². The Balaban J connectivity index is 1.80. The second-order valence-electron chi connectivity index (χ2n) is 9.45. The molecule has 0 N–H and O–H groups in total. The van der Waals surface area contributed by atoms with Gasteiger partial charge in [-0.15, -0.1) is 0 Å². The molecular weight excluding hydrogens is 423 g/mol. The predicted molar refractivity (Wildman–Crippen MR) is 129 cm³/mol. The van der Waals surface area contributed by atoms with E-state index in [1.807, 2.05) is 54.9 Å². The van der Waals surface area contributed by atoms with Gasteiger partial charge in [-0.25, -0.2) is 9.07 Å². The molecule has 3 rings (SSSR count). The molecular formula is C27H32ClFN2O. The molecule has 170 valence electrons. The Kier molecular flexibility index (Phi) is 7.55. The topological polar surface area (TPSA) is 34.9 Å². The third-order valence-corrected chi connectivity index (χ3v) is 6.05. The molecule has 0 amide bonds. The Morgan fingerprint density at radius 1 is 1.12 bits per heavy atom. The van der Waals surface area contributed by atoms with Crippen molar-refractivity contribution in [2.75, 3.05) is 0 Å². The lowest BCUT2D eigenvalue weighted by molar-refractivity contribution is -0.120. The highest BCUT2D eigenvalue weighted by Crippen LogP contribution is 2.27. The number of carbonyl (C=O) groups excluding carboxylic acids is 1. The molecule has 0 aliphatic rings. The molecule has 5 heteroatoms. The molecule has 0 fully saturated rings. The lowest BCUT2D eigenvalue weighted by atomic mass is 9.91. The van der Waals surface area contributed by atoms with Crippen molar-refractivity contribution < 1.29 is 9.18 Å². The molecule has 3 aromatic rings. The average molecular weight is 455 g/mol. The van der Waals surface area contributed by atoms with Gasteiger partial charge in [0.25, 0.3) is 0 Å². The first-order valence-corrected chi connectivity index (χ1v) is 11.6. The van der Waals surface area contributed by atoms with Gasteiger partial charge in [0.2, 0.25) is 0 Å². The van der Waals surface area contributed by atoms with Crippen LogP contribution < -0.4 is 0 Å². The highest BCUT2D eigenvalue weighted by molar-refractivity contribution is 6.30. The first-order chi connectivity index (χ1) is 15.1. The van der Waals surface area contributed by atoms with Gasteiger partial charge in [0.1, 0.15) is 11.6 Å². The van der Waals surface area contributed by atoms with E-state index >= 15 is 0 Å². The van der Waals surface area contributed by atoms with E-state index in [4.69, 9.17) is 16.7 Å². The van der Waals surface area contributed by atoms with Crippen LogP contribution in [0.3, 0.4) is 0 Å². The number of ketones is 1. The predicted octanol–water partition coefficient (Wildman–Crippen LogP) is 7.22. The summed E-state index contributed by atoms with van der Waals surface area (Å²) < 4.78 is 16.2. The van der Waals surface area contributed by atoms with Crippen LogP contribution in [0.5, 0.6) is 0 Å². The van der Waals surface area contributed by atoms with Crippen molar-refractivity contribution >= 4 is 17.4 Å². The van der Waals surface area contributed by atoms with E-state index in [1.165, 1.54) is 6.07 Å². The Labute approximate surface area is 195 Å². The number of carbonyl (C=O) groups is 1. The van der Waals surface area contributed by atoms with Gasteiger partial charge in [-0.3, -0.25) is 4.79 Å². The van der Waals surface area contributed by atoms with Gasteiger partial charge in [-0.1, -0.05) is 70.8 Å². The minimum atomic E-state index is -0.357. The summed E-state index contributed by atoms with van der Waals surface area (Å²) in [5.74, 6) is -0.494. The van der Waals surface area contributed by atoms with Crippen molar-refractivity contribution in [1.82, 2.24) is 9.78 Å². The normalized spacial score (nSPS) is 12.7. The second kappa shape index (κ2) is 9.99. The summed E-state index contributed by atoms with van der Waals surface area (Å²) in [7, 11) is 0. The van der Waals surface area contributed by atoms with Gasteiger partial charge in [0.15, 0.2) is 0 Å². The molecule has 1 aromatic heterocycles. The van der Waals surface area contributed by atoms with Crippen molar-refractivity contribution in [3.63, 3.8) is 0 Å². The Morgan fingerprint density at radius 2 is 1.88 bits per heavy atom. The summed E-state index contributed by atoms with van der Waals surface area (Å²) in [5.41, 5.74) is 4.11. The van der Waals surface area contributed by atoms with Crippen LogP contribution in [-0.2, 0) is 23.1 Å².